The van der Waals surface area contributed by atoms with Crippen molar-refractivity contribution in [1.82, 2.24) is 5.32 Å². The molecule has 0 aliphatic carbocycles. The van der Waals surface area contributed by atoms with Gasteiger partial charge in [0.2, 0.25) is 0 Å². The highest BCUT2D eigenvalue weighted by molar-refractivity contribution is 5.78. The number of ether oxygens (including phenoxy) is 1. The molecular formula is C14H20FNO2. The number of halogens is 1. The fourth-order valence-corrected chi connectivity index (χ4v) is 1.78. The molecule has 1 atom stereocenters. The van der Waals surface area contributed by atoms with E-state index in [0.717, 1.165) is 0 Å². The second-order valence-corrected chi connectivity index (χ2v) is 3.58. The second-order valence-electron chi connectivity index (χ2n) is 3.58. The summed E-state index contributed by atoms with van der Waals surface area (Å²) in [5, 5.41) is 3.47. The van der Waals surface area contributed by atoms with Crippen LogP contribution in [-0.4, -0.2) is 20.7 Å². The van der Waals surface area contributed by atoms with Crippen LogP contribution < -0.4 is 5.32 Å². The van der Waals surface area contributed by atoms with Crippen molar-refractivity contribution in [2.45, 2.75) is 20.0 Å². The van der Waals surface area contributed by atoms with Crippen LogP contribution in [0.1, 0.15) is 25.5 Å². The molecule has 2 aromatic rings. The summed E-state index contributed by atoms with van der Waals surface area (Å²) >= 11 is 0. The van der Waals surface area contributed by atoms with E-state index in [4.69, 9.17) is 9.15 Å². The molecule has 1 unspecified atom stereocenters. The van der Waals surface area contributed by atoms with Crippen molar-refractivity contribution in [2.24, 2.45) is 0 Å². The normalized spacial score (nSPS) is 12.1. The Balaban J connectivity index is 0.000000771. The maximum atomic E-state index is 14.1. The van der Waals surface area contributed by atoms with E-state index >= 15 is 0 Å². The van der Waals surface area contributed by atoms with Crippen molar-refractivity contribution in [3.05, 3.63) is 35.8 Å². The predicted octanol–water partition coefficient (Wildman–Crippen LogP) is 3.51. The molecule has 2 rings (SSSR count). The molecule has 0 spiro atoms. The number of rotatable bonds is 4. The number of hydrogen-bond donors (Lipinski definition) is 1. The summed E-state index contributed by atoms with van der Waals surface area (Å²) in [4.78, 5) is 0. The van der Waals surface area contributed by atoms with Gasteiger partial charge >= 0.3 is 0 Å². The monoisotopic (exact) mass is 253 g/mol. The number of hydrogen-bond acceptors (Lipinski definition) is 3. The lowest BCUT2D eigenvalue weighted by Gasteiger charge is -2.16. The number of nitrogens with one attached hydrogen (secondary N) is 1. The van der Waals surface area contributed by atoms with Gasteiger partial charge in [-0.25, -0.2) is 4.39 Å². The van der Waals surface area contributed by atoms with E-state index in [9.17, 15) is 4.39 Å². The van der Waals surface area contributed by atoms with Crippen LogP contribution in [0.15, 0.2) is 28.9 Å². The molecule has 0 saturated carbocycles. The van der Waals surface area contributed by atoms with Gasteiger partial charge in [-0.2, -0.15) is 0 Å². The first-order valence-electron chi connectivity index (χ1n) is 6.11. The molecule has 0 amide bonds. The van der Waals surface area contributed by atoms with Gasteiger partial charge in [-0.05, 0) is 25.2 Å². The molecule has 0 aliphatic heterocycles. The van der Waals surface area contributed by atoms with Gasteiger partial charge in [0, 0.05) is 19.2 Å². The molecule has 0 bridgehead atoms. The number of furan rings is 1. The first kappa shape index (κ1) is 14.7. The Labute approximate surface area is 107 Å². The van der Waals surface area contributed by atoms with Crippen LogP contribution in [0.4, 0.5) is 4.39 Å². The summed E-state index contributed by atoms with van der Waals surface area (Å²) in [6.45, 7) is 4.57. The third-order valence-electron chi connectivity index (χ3n) is 2.62. The lowest BCUT2D eigenvalue weighted by Crippen LogP contribution is -2.19. The minimum absolute atomic E-state index is 0.270. The zero-order valence-corrected chi connectivity index (χ0v) is 11.3. The molecule has 0 radical (unpaired) electrons. The molecule has 1 N–H and O–H groups in total. The fraction of sp³-hybridized carbons (Fsp3) is 0.429. The topological polar surface area (TPSA) is 34.4 Å². The van der Waals surface area contributed by atoms with Crippen LogP contribution in [0.25, 0.3) is 11.0 Å². The van der Waals surface area contributed by atoms with Crippen LogP contribution in [0, 0.1) is 5.82 Å². The van der Waals surface area contributed by atoms with Crippen LogP contribution in [0.2, 0.25) is 0 Å². The van der Waals surface area contributed by atoms with Gasteiger partial charge in [-0.15, -0.1) is 0 Å². The zero-order chi connectivity index (χ0) is 13.5. The quantitative estimate of drug-likeness (QED) is 0.905. The third kappa shape index (κ3) is 2.89. The Hall–Kier alpha value is -1.39. The standard InChI is InChI=1S/C12H14FNO2.C2H6/c1-14-7-11(15-2)8-3-4-10-9(12(8)13)5-6-16-10;1-2/h3-6,11,14H,7H2,1-2H3;1-2H3. The maximum absolute atomic E-state index is 14.1. The highest BCUT2D eigenvalue weighted by Gasteiger charge is 2.17. The van der Waals surface area contributed by atoms with E-state index in [1.54, 1.807) is 32.4 Å². The summed E-state index contributed by atoms with van der Waals surface area (Å²) in [7, 11) is 3.38. The minimum Gasteiger partial charge on any atom is -0.464 e. The van der Waals surface area contributed by atoms with E-state index < -0.39 is 0 Å². The summed E-state index contributed by atoms with van der Waals surface area (Å²) in [6, 6.07) is 5.09. The van der Waals surface area contributed by atoms with E-state index in [2.05, 4.69) is 5.32 Å². The van der Waals surface area contributed by atoms with E-state index in [1.807, 2.05) is 13.8 Å². The lowest BCUT2D eigenvalue weighted by molar-refractivity contribution is 0.101. The van der Waals surface area contributed by atoms with E-state index in [1.165, 1.54) is 6.26 Å². The van der Waals surface area contributed by atoms with Crippen molar-refractivity contribution in [1.29, 1.82) is 0 Å². The average Bonchev–Trinajstić information content (AvgIpc) is 2.89. The first-order chi connectivity index (χ1) is 8.77. The van der Waals surface area contributed by atoms with Gasteiger partial charge in [0.15, 0.2) is 0 Å². The molecule has 3 nitrogen and oxygen atoms in total. The highest BCUT2D eigenvalue weighted by atomic mass is 19.1. The van der Waals surface area contributed by atoms with Gasteiger partial charge in [0.1, 0.15) is 11.4 Å². The number of methoxy groups -OCH3 is 1. The van der Waals surface area contributed by atoms with Crippen molar-refractivity contribution in [3.8, 4) is 0 Å². The Morgan fingerprint density at radius 3 is 2.67 bits per heavy atom. The molecule has 1 heterocycles. The minimum atomic E-state index is -0.288. The molecule has 0 fully saturated rings. The van der Waals surface area contributed by atoms with Crippen molar-refractivity contribution in [2.75, 3.05) is 20.7 Å². The zero-order valence-electron chi connectivity index (χ0n) is 11.3. The molecule has 0 saturated heterocycles. The molecule has 0 aliphatic rings. The second kappa shape index (κ2) is 7.13. The average molecular weight is 253 g/mol. The lowest BCUT2D eigenvalue weighted by atomic mass is 10.1. The maximum Gasteiger partial charge on any atom is 0.140 e. The SMILES string of the molecule is CC.CNCC(OC)c1ccc2occc2c1F. The first-order valence-corrected chi connectivity index (χ1v) is 6.11. The van der Waals surface area contributed by atoms with Gasteiger partial charge in [0.05, 0.1) is 17.8 Å². The van der Waals surface area contributed by atoms with Crippen LogP contribution in [0.5, 0.6) is 0 Å². The van der Waals surface area contributed by atoms with Gasteiger partial charge in [0.25, 0.3) is 0 Å². The van der Waals surface area contributed by atoms with E-state index in [0.29, 0.717) is 23.1 Å². The van der Waals surface area contributed by atoms with Gasteiger partial charge in [-0.3, -0.25) is 0 Å². The molecular weight excluding hydrogens is 233 g/mol. The van der Waals surface area contributed by atoms with Crippen LogP contribution >= 0.6 is 0 Å². The summed E-state index contributed by atoms with van der Waals surface area (Å²) < 4.78 is 24.5. The Morgan fingerprint density at radius 2 is 2.06 bits per heavy atom. The Kier molecular flexibility index (Phi) is 5.82. The van der Waals surface area contributed by atoms with Crippen LogP contribution in [0.3, 0.4) is 0 Å². The predicted molar refractivity (Wildman–Crippen MR) is 71.2 cm³/mol. The Bertz CT molecular complexity index is 482. The van der Waals surface area contributed by atoms with Gasteiger partial charge in [-0.1, -0.05) is 13.8 Å². The number of benzene rings is 1. The molecule has 1 aromatic carbocycles. The Morgan fingerprint density at radius 1 is 1.33 bits per heavy atom. The van der Waals surface area contributed by atoms with Crippen molar-refractivity contribution < 1.29 is 13.5 Å². The van der Waals surface area contributed by atoms with Crippen LogP contribution in [-0.2, 0) is 4.74 Å². The molecule has 1 aromatic heterocycles. The third-order valence-corrected chi connectivity index (χ3v) is 2.62. The smallest absolute Gasteiger partial charge is 0.140 e. The number of likely N-dealkylation sites (N-methyl/N-ethyl adjacent to an activating group) is 1. The summed E-state index contributed by atoms with van der Waals surface area (Å²) in [6.07, 6.45) is 1.20. The van der Waals surface area contributed by atoms with E-state index in [-0.39, 0.29) is 11.9 Å². The van der Waals surface area contributed by atoms with Gasteiger partial charge < -0.3 is 14.5 Å². The number of fused-ring (bicyclic) bond motifs is 1. The molecule has 4 heteroatoms. The summed E-state index contributed by atoms with van der Waals surface area (Å²) in [5.41, 5.74) is 1.10. The van der Waals surface area contributed by atoms with Crippen molar-refractivity contribution >= 4 is 11.0 Å². The summed E-state index contributed by atoms with van der Waals surface area (Å²) in [5.74, 6) is -0.270. The fourth-order valence-electron chi connectivity index (χ4n) is 1.78. The molecule has 100 valence electrons. The highest BCUT2D eigenvalue weighted by Crippen LogP contribution is 2.27. The van der Waals surface area contributed by atoms with Crippen molar-refractivity contribution in [3.63, 3.8) is 0 Å². The molecule has 18 heavy (non-hydrogen) atoms. The largest absolute Gasteiger partial charge is 0.464 e.